The number of nitro groups is 1. The van der Waals surface area contributed by atoms with Crippen LogP contribution in [-0.2, 0) is 30.7 Å². The molecule has 0 aliphatic heterocycles. The van der Waals surface area contributed by atoms with Crippen LogP contribution in [0.25, 0.3) is 0 Å². The lowest BCUT2D eigenvalue weighted by molar-refractivity contribution is -0.389. The summed E-state index contributed by atoms with van der Waals surface area (Å²) >= 11 is 0. The van der Waals surface area contributed by atoms with Crippen LogP contribution in [-0.4, -0.2) is 70.9 Å². The highest BCUT2D eigenvalue weighted by Crippen LogP contribution is 2.14. The molecule has 17 heteroatoms. The van der Waals surface area contributed by atoms with Crippen LogP contribution in [0.4, 0.5) is 17.5 Å². The summed E-state index contributed by atoms with van der Waals surface area (Å²) in [5.41, 5.74) is 0. The summed E-state index contributed by atoms with van der Waals surface area (Å²) < 4.78 is 8.31. The minimum Gasteiger partial charge on any atom is -0.468 e. The van der Waals surface area contributed by atoms with Gasteiger partial charge in [0.05, 0.1) is 7.11 Å². The quantitative estimate of drug-likeness (QED) is 0.204. The third-order valence-electron chi connectivity index (χ3n) is 4.52. The number of nitrogens with zero attached hydrogens (tertiary/aromatic N) is 7. The first kappa shape index (κ1) is 24.6. The molecule has 0 atom stereocenters. The van der Waals surface area contributed by atoms with E-state index in [-0.39, 0.29) is 35.7 Å². The lowest BCUT2D eigenvalue weighted by Crippen LogP contribution is -2.31. The molecular weight excluding hydrogens is 468 g/mol. The fourth-order valence-electron chi connectivity index (χ4n) is 2.87. The highest BCUT2D eigenvalue weighted by atomic mass is 16.6. The number of rotatable bonds is 8. The first-order valence-corrected chi connectivity index (χ1v) is 9.72. The second kappa shape index (κ2) is 9.81. The van der Waals surface area contributed by atoms with Gasteiger partial charge in [0.25, 0.3) is 11.8 Å². The number of hydrogen-bond donors (Lipinski definition) is 3. The van der Waals surface area contributed by atoms with Gasteiger partial charge in [-0.25, -0.2) is 9.97 Å². The number of carbonyl (C=O) groups is 4. The number of carbonyl (C=O) groups excluding carboxylic acids is 4. The maximum absolute atomic E-state index is 12.7. The molecule has 17 nitrogen and oxygen atoms in total. The Morgan fingerprint density at radius 1 is 0.857 bits per heavy atom. The van der Waals surface area contributed by atoms with Gasteiger partial charge >= 0.3 is 23.5 Å². The highest BCUT2D eigenvalue weighted by Gasteiger charge is 2.25. The van der Waals surface area contributed by atoms with Gasteiger partial charge in [0, 0.05) is 33.5 Å². The van der Waals surface area contributed by atoms with Crippen LogP contribution in [0.1, 0.15) is 31.9 Å². The van der Waals surface area contributed by atoms with Crippen molar-refractivity contribution in [2.75, 3.05) is 24.3 Å². The molecule has 3 aromatic heterocycles. The Kier molecular flexibility index (Phi) is 6.88. The number of imidazole rings is 3. The summed E-state index contributed by atoms with van der Waals surface area (Å²) in [5, 5.41) is 18.1. The van der Waals surface area contributed by atoms with Crippen LogP contribution in [0.2, 0.25) is 0 Å². The number of esters is 1. The molecule has 0 saturated carbocycles. The van der Waals surface area contributed by atoms with Gasteiger partial charge in [-0.3, -0.25) is 19.2 Å². The SMILES string of the molecule is COC(=O)CNC(=O)c1nc(NC(=O)c2nc(NC(=O)c3nc([N+](=O)[O-])cn3C)cn2C)cn1C. The standard InChI is InChI=1S/C18H20N10O7/c1-25-6-9(20-13(25)16(30)19-5-12(29)35-4)22-17(31)14-21-10(7-26(14)2)23-18(32)15-24-11(28(33)34)8-27(15)3/h6-8H,5H2,1-4H3,(H,19,30)(H,22,31)(H,23,32). The van der Waals surface area contributed by atoms with E-state index in [1.807, 2.05) is 0 Å². The Balaban J connectivity index is 1.69. The minimum absolute atomic E-state index is 0.00259. The van der Waals surface area contributed by atoms with Crippen molar-refractivity contribution in [3.05, 3.63) is 46.2 Å². The van der Waals surface area contributed by atoms with E-state index in [1.165, 1.54) is 54.3 Å². The summed E-state index contributed by atoms with van der Waals surface area (Å²) in [7, 11) is 5.63. The maximum atomic E-state index is 12.7. The Hall–Kier alpha value is -5.09. The molecule has 0 spiro atoms. The molecule has 0 unspecified atom stereocenters. The molecule has 184 valence electrons. The second-order valence-electron chi connectivity index (χ2n) is 7.08. The Morgan fingerprint density at radius 2 is 1.31 bits per heavy atom. The van der Waals surface area contributed by atoms with E-state index < -0.39 is 34.4 Å². The summed E-state index contributed by atoms with van der Waals surface area (Å²) in [6, 6.07) is 0. The number of amides is 3. The lowest BCUT2D eigenvalue weighted by Gasteiger charge is -2.03. The monoisotopic (exact) mass is 488 g/mol. The maximum Gasteiger partial charge on any atom is 0.382 e. The molecule has 35 heavy (non-hydrogen) atoms. The van der Waals surface area contributed by atoms with Crippen LogP contribution in [0, 0.1) is 10.1 Å². The lowest BCUT2D eigenvalue weighted by atomic mass is 10.5. The molecule has 3 aromatic rings. The van der Waals surface area contributed by atoms with E-state index in [4.69, 9.17) is 0 Å². The zero-order chi connectivity index (χ0) is 25.9. The van der Waals surface area contributed by atoms with Crippen molar-refractivity contribution in [2.24, 2.45) is 21.1 Å². The van der Waals surface area contributed by atoms with Crippen molar-refractivity contribution < 1.29 is 28.8 Å². The van der Waals surface area contributed by atoms with Gasteiger partial charge in [-0.2, -0.15) is 0 Å². The smallest absolute Gasteiger partial charge is 0.382 e. The van der Waals surface area contributed by atoms with Crippen LogP contribution in [0.15, 0.2) is 18.6 Å². The first-order chi connectivity index (χ1) is 16.5. The molecule has 0 aliphatic rings. The van der Waals surface area contributed by atoms with Gasteiger partial charge in [0.15, 0.2) is 11.6 Å². The summed E-state index contributed by atoms with van der Waals surface area (Å²) in [6.45, 7) is -0.350. The molecule has 3 heterocycles. The predicted octanol–water partition coefficient (Wildman–Crippen LogP) is -0.797. The van der Waals surface area contributed by atoms with E-state index in [2.05, 4.69) is 35.6 Å². The van der Waals surface area contributed by atoms with Gasteiger partial charge in [0.2, 0.25) is 11.6 Å². The number of ether oxygens (including phenoxy) is 1. The minimum atomic E-state index is -0.766. The topological polar surface area (TPSA) is 210 Å². The second-order valence-corrected chi connectivity index (χ2v) is 7.08. The van der Waals surface area contributed by atoms with Gasteiger partial charge in [-0.05, 0) is 9.91 Å². The molecule has 3 amide bonds. The number of aromatic nitrogens is 6. The van der Waals surface area contributed by atoms with Gasteiger partial charge < -0.3 is 44.5 Å². The largest absolute Gasteiger partial charge is 0.468 e. The number of nitrogens with one attached hydrogen (secondary N) is 3. The average molecular weight is 488 g/mol. The van der Waals surface area contributed by atoms with Crippen LogP contribution >= 0.6 is 0 Å². The zero-order valence-electron chi connectivity index (χ0n) is 18.9. The molecular formula is C18H20N10O7. The highest BCUT2D eigenvalue weighted by molar-refractivity contribution is 6.04. The van der Waals surface area contributed by atoms with Crippen LogP contribution < -0.4 is 16.0 Å². The van der Waals surface area contributed by atoms with E-state index in [0.29, 0.717) is 0 Å². The van der Waals surface area contributed by atoms with E-state index in [0.717, 1.165) is 6.20 Å². The summed E-state index contributed by atoms with van der Waals surface area (Å²) in [4.78, 5) is 70.3. The molecule has 0 aliphatic carbocycles. The third kappa shape index (κ3) is 5.46. The number of hydrogen-bond acceptors (Lipinski definition) is 10. The molecule has 0 fully saturated rings. The zero-order valence-corrected chi connectivity index (χ0v) is 18.9. The fourth-order valence-corrected chi connectivity index (χ4v) is 2.87. The molecule has 0 saturated heterocycles. The predicted molar refractivity (Wildman–Crippen MR) is 117 cm³/mol. The van der Waals surface area contributed by atoms with Crippen molar-refractivity contribution in [3.8, 4) is 0 Å². The Labute approximate surface area is 196 Å². The van der Waals surface area contributed by atoms with E-state index in [9.17, 15) is 29.3 Å². The Bertz CT molecular complexity index is 1340. The molecule has 3 rings (SSSR count). The molecule has 0 aromatic carbocycles. The van der Waals surface area contributed by atoms with Crippen molar-refractivity contribution in [2.45, 2.75) is 0 Å². The molecule has 3 N–H and O–H groups in total. The van der Waals surface area contributed by atoms with Gasteiger partial charge in [-0.1, -0.05) is 0 Å². The van der Waals surface area contributed by atoms with Crippen LogP contribution in [0.5, 0.6) is 0 Å². The first-order valence-electron chi connectivity index (χ1n) is 9.72. The van der Waals surface area contributed by atoms with Crippen molar-refractivity contribution in [3.63, 3.8) is 0 Å². The number of methoxy groups -OCH3 is 1. The third-order valence-corrected chi connectivity index (χ3v) is 4.52. The van der Waals surface area contributed by atoms with Crippen molar-refractivity contribution in [1.29, 1.82) is 0 Å². The Morgan fingerprint density at radius 3 is 1.77 bits per heavy atom. The summed E-state index contributed by atoms with van der Waals surface area (Å²) in [6.07, 6.45) is 3.82. The molecule has 0 bridgehead atoms. The summed E-state index contributed by atoms with van der Waals surface area (Å²) in [5.74, 6) is -3.61. The fraction of sp³-hybridized carbons (Fsp3) is 0.278. The average Bonchev–Trinajstić information content (AvgIpc) is 3.48. The normalized spacial score (nSPS) is 10.5. The van der Waals surface area contributed by atoms with Crippen molar-refractivity contribution in [1.82, 2.24) is 34.0 Å². The van der Waals surface area contributed by atoms with Crippen molar-refractivity contribution >= 4 is 41.1 Å². The number of anilines is 2. The van der Waals surface area contributed by atoms with E-state index >= 15 is 0 Å². The molecule has 0 radical (unpaired) electrons. The number of aryl methyl sites for hydroxylation is 3. The van der Waals surface area contributed by atoms with Gasteiger partial charge in [-0.15, -0.1) is 0 Å². The van der Waals surface area contributed by atoms with Gasteiger partial charge in [0.1, 0.15) is 12.7 Å². The van der Waals surface area contributed by atoms with E-state index in [1.54, 1.807) is 0 Å². The van der Waals surface area contributed by atoms with Crippen LogP contribution in [0.3, 0.4) is 0 Å².